The Kier molecular flexibility index (Phi) is 4.70. The molecule has 2 aromatic heterocycles. The third kappa shape index (κ3) is 3.47. The van der Waals surface area contributed by atoms with Crippen molar-refractivity contribution in [3.05, 3.63) is 65.1 Å². The van der Waals surface area contributed by atoms with Gasteiger partial charge in [-0.2, -0.15) is 0 Å². The van der Waals surface area contributed by atoms with Crippen molar-refractivity contribution in [2.75, 3.05) is 13.6 Å². The molecule has 0 saturated heterocycles. The van der Waals surface area contributed by atoms with Crippen molar-refractivity contribution >= 4 is 16.9 Å². The summed E-state index contributed by atoms with van der Waals surface area (Å²) in [6.07, 6.45) is 4.63. The maximum atomic E-state index is 11.5. The van der Waals surface area contributed by atoms with Gasteiger partial charge in [-0.05, 0) is 55.8 Å². The molecule has 1 aromatic carbocycles. The minimum Gasteiger partial charge on any atom is -0.481 e. The van der Waals surface area contributed by atoms with Gasteiger partial charge in [-0.15, -0.1) is 0 Å². The Hall–Kier alpha value is -2.66. The molecule has 1 unspecified atom stereocenters. The van der Waals surface area contributed by atoms with Gasteiger partial charge in [0.1, 0.15) is 0 Å². The third-order valence-corrected chi connectivity index (χ3v) is 5.61. The molecule has 3 heterocycles. The highest BCUT2D eigenvalue weighted by atomic mass is 16.4. The average molecular weight is 363 g/mol. The number of hydrogen-bond acceptors (Lipinski definition) is 3. The van der Waals surface area contributed by atoms with E-state index in [0.29, 0.717) is 6.54 Å². The van der Waals surface area contributed by atoms with Crippen LogP contribution in [0.25, 0.3) is 10.9 Å². The standard InChI is InChI=1S/C22H25N3O2/c1-15-3-4-20-19(11-15)18-7-10-24(2)14-21(18)25(20)13-17(12-22(26)27)16-5-8-23-9-6-16/h3-6,8-9,11,17H,7,10,12-14H2,1-2H3,(H,26,27). The van der Waals surface area contributed by atoms with Crippen LogP contribution in [-0.4, -0.2) is 39.1 Å². The van der Waals surface area contributed by atoms with Gasteiger partial charge < -0.3 is 14.6 Å². The number of carbonyl (C=O) groups is 1. The summed E-state index contributed by atoms with van der Waals surface area (Å²) in [6, 6.07) is 10.5. The minimum absolute atomic E-state index is 0.0845. The largest absolute Gasteiger partial charge is 0.481 e. The molecule has 1 aliphatic heterocycles. The van der Waals surface area contributed by atoms with Gasteiger partial charge in [0.25, 0.3) is 0 Å². The number of fused-ring (bicyclic) bond motifs is 3. The molecule has 3 aromatic rings. The number of aromatic nitrogens is 2. The summed E-state index contributed by atoms with van der Waals surface area (Å²) in [5.41, 5.74) is 6.26. The summed E-state index contributed by atoms with van der Waals surface area (Å²) in [7, 11) is 2.15. The molecule has 0 fully saturated rings. The Balaban J connectivity index is 1.82. The number of aryl methyl sites for hydroxylation is 1. The SMILES string of the molecule is Cc1ccc2c(c1)c1c(n2CC(CC(=O)O)c2ccncc2)CN(C)CC1. The molecule has 4 rings (SSSR count). The zero-order valence-electron chi connectivity index (χ0n) is 15.9. The van der Waals surface area contributed by atoms with Crippen LogP contribution in [0.3, 0.4) is 0 Å². The van der Waals surface area contributed by atoms with E-state index in [0.717, 1.165) is 25.1 Å². The second kappa shape index (κ2) is 7.16. The van der Waals surface area contributed by atoms with Crippen LogP contribution in [0.4, 0.5) is 0 Å². The van der Waals surface area contributed by atoms with Gasteiger partial charge in [0.05, 0.1) is 6.42 Å². The van der Waals surface area contributed by atoms with Gasteiger partial charge in [-0.25, -0.2) is 0 Å². The van der Waals surface area contributed by atoms with Gasteiger partial charge in [0, 0.05) is 54.5 Å². The van der Waals surface area contributed by atoms with Crippen molar-refractivity contribution < 1.29 is 9.90 Å². The van der Waals surface area contributed by atoms with Crippen molar-refractivity contribution in [3.8, 4) is 0 Å². The number of hydrogen-bond donors (Lipinski definition) is 1. The molecule has 1 N–H and O–H groups in total. The number of rotatable bonds is 5. The number of carboxylic acid groups (broad SMARTS) is 1. The van der Waals surface area contributed by atoms with E-state index >= 15 is 0 Å². The molecular weight excluding hydrogens is 338 g/mol. The van der Waals surface area contributed by atoms with Gasteiger partial charge in [0.2, 0.25) is 0 Å². The van der Waals surface area contributed by atoms with Crippen LogP contribution in [0.2, 0.25) is 0 Å². The fraction of sp³-hybridized carbons (Fsp3) is 0.364. The molecule has 1 aliphatic rings. The first kappa shape index (κ1) is 17.7. The first-order valence-corrected chi connectivity index (χ1v) is 9.44. The highest BCUT2D eigenvalue weighted by Gasteiger charge is 2.25. The van der Waals surface area contributed by atoms with E-state index in [1.54, 1.807) is 12.4 Å². The fourth-order valence-electron chi connectivity index (χ4n) is 4.25. The van der Waals surface area contributed by atoms with Crippen molar-refractivity contribution in [2.45, 2.75) is 38.8 Å². The third-order valence-electron chi connectivity index (χ3n) is 5.61. The molecule has 1 atom stereocenters. The Labute approximate surface area is 159 Å². The molecular formula is C22H25N3O2. The number of likely N-dealkylation sites (N-methyl/N-ethyl adjacent to an activating group) is 1. The predicted molar refractivity (Wildman–Crippen MR) is 106 cm³/mol. The fourth-order valence-corrected chi connectivity index (χ4v) is 4.25. The Morgan fingerprint density at radius 3 is 2.78 bits per heavy atom. The summed E-state index contributed by atoms with van der Waals surface area (Å²) >= 11 is 0. The van der Waals surface area contributed by atoms with E-state index in [9.17, 15) is 9.90 Å². The normalized spacial score (nSPS) is 15.6. The van der Waals surface area contributed by atoms with Gasteiger partial charge in [0.15, 0.2) is 0 Å². The lowest BCUT2D eigenvalue weighted by molar-refractivity contribution is -0.137. The van der Waals surface area contributed by atoms with Crippen molar-refractivity contribution in [1.29, 1.82) is 0 Å². The smallest absolute Gasteiger partial charge is 0.304 e. The molecule has 5 heteroatoms. The van der Waals surface area contributed by atoms with Crippen LogP contribution < -0.4 is 0 Å². The molecule has 0 spiro atoms. The molecule has 0 aliphatic carbocycles. The monoisotopic (exact) mass is 363 g/mol. The zero-order valence-corrected chi connectivity index (χ0v) is 15.9. The van der Waals surface area contributed by atoms with Gasteiger partial charge in [-0.1, -0.05) is 11.6 Å². The van der Waals surface area contributed by atoms with E-state index in [1.165, 1.54) is 27.7 Å². The van der Waals surface area contributed by atoms with Crippen molar-refractivity contribution in [3.63, 3.8) is 0 Å². The van der Waals surface area contributed by atoms with E-state index < -0.39 is 5.97 Å². The van der Waals surface area contributed by atoms with E-state index in [4.69, 9.17) is 0 Å². The second-order valence-electron chi connectivity index (χ2n) is 7.62. The molecule has 27 heavy (non-hydrogen) atoms. The Morgan fingerprint density at radius 1 is 1.26 bits per heavy atom. The minimum atomic E-state index is -0.768. The Morgan fingerprint density at radius 2 is 2.04 bits per heavy atom. The lowest BCUT2D eigenvalue weighted by atomic mass is 9.96. The summed E-state index contributed by atoms with van der Waals surface area (Å²) in [6.45, 7) is 4.75. The molecule has 0 saturated carbocycles. The van der Waals surface area contributed by atoms with Crippen LogP contribution in [0.1, 0.15) is 34.7 Å². The molecule has 0 amide bonds. The second-order valence-corrected chi connectivity index (χ2v) is 7.62. The van der Waals surface area contributed by atoms with E-state index in [2.05, 4.69) is 46.6 Å². The number of nitrogens with zero attached hydrogens (tertiary/aromatic N) is 3. The van der Waals surface area contributed by atoms with Crippen LogP contribution >= 0.6 is 0 Å². The van der Waals surface area contributed by atoms with Gasteiger partial charge in [-0.3, -0.25) is 9.78 Å². The van der Waals surface area contributed by atoms with E-state index in [-0.39, 0.29) is 12.3 Å². The quantitative estimate of drug-likeness (QED) is 0.753. The Bertz CT molecular complexity index is 978. The maximum absolute atomic E-state index is 11.5. The summed E-state index contributed by atoms with van der Waals surface area (Å²) in [4.78, 5) is 17.9. The zero-order chi connectivity index (χ0) is 19.0. The topological polar surface area (TPSA) is 58.4 Å². The van der Waals surface area contributed by atoms with E-state index in [1.807, 2.05) is 12.1 Å². The van der Waals surface area contributed by atoms with Crippen LogP contribution in [0.5, 0.6) is 0 Å². The number of benzene rings is 1. The number of aliphatic carboxylic acids is 1. The molecule has 5 nitrogen and oxygen atoms in total. The first-order chi connectivity index (χ1) is 13.0. The van der Waals surface area contributed by atoms with Crippen LogP contribution in [-0.2, 0) is 24.3 Å². The lowest BCUT2D eigenvalue weighted by Crippen LogP contribution is -2.28. The highest BCUT2D eigenvalue weighted by Crippen LogP contribution is 2.34. The average Bonchev–Trinajstić information content (AvgIpc) is 2.94. The summed E-state index contributed by atoms with van der Waals surface area (Å²) in [5, 5.41) is 10.8. The lowest BCUT2D eigenvalue weighted by Gasteiger charge is -2.26. The van der Waals surface area contributed by atoms with Crippen molar-refractivity contribution in [2.24, 2.45) is 0 Å². The summed E-state index contributed by atoms with van der Waals surface area (Å²) < 4.78 is 2.35. The summed E-state index contributed by atoms with van der Waals surface area (Å²) in [5.74, 6) is -0.853. The maximum Gasteiger partial charge on any atom is 0.304 e. The van der Waals surface area contributed by atoms with Crippen LogP contribution in [0, 0.1) is 6.92 Å². The molecule has 0 radical (unpaired) electrons. The van der Waals surface area contributed by atoms with Crippen molar-refractivity contribution in [1.82, 2.24) is 14.5 Å². The van der Waals surface area contributed by atoms with Crippen LogP contribution in [0.15, 0.2) is 42.7 Å². The molecule has 140 valence electrons. The number of carboxylic acids is 1. The first-order valence-electron chi connectivity index (χ1n) is 9.44. The van der Waals surface area contributed by atoms with Gasteiger partial charge >= 0.3 is 5.97 Å². The molecule has 0 bridgehead atoms. The highest BCUT2D eigenvalue weighted by molar-refractivity contribution is 5.86. The number of pyridine rings is 1. The predicted octanol–water partition coefficient (Wildman–Crippen LogP) is 3.59.